The van der Waals surface area contributed by atoms with Crippen LogP contribution in [0.2, 0.25) is 5.02 Å². The summed E-state index contributed by atoms with van der Waals surface area (Å²) in [6.45, 7) is 0. The van der Waals surface area contributed by atoms with E-state index in [9.17, 15) is 13.2 Å². The fourth-order valence-corrected chi connectivity index (χ4v) is 3.86. The van der Waals surface area contributed by atoms with Gasteiger partial charge in [-0.2, -0.15) is 0 Å². The van der Waals surface area contributed by atoms with Crippen molar-refractivity contribution in [2.24, 2.45) is 0 Å². The first-order valence-corrected chi connectivity index (χ1v) is 10.7. The normalized spacial score (nSPS) is 11.8. The molecule has 0 radical (unpaired) electrons. The number of aromatic nitrogens is 1. The summed E-state index contributed by atoms with van der Waals surface area (Å²) in [7, 11) is -3.28. The van der Waals surface area contributed by atoms with Gasteiger partial charge in [0.2, 0.25) is 0 Å². The SMILES string of the molecule is CS(=O)(=O)c1cccc(C=CC(=O)c2cnc(-c3ccc(Cl)cc3)s2)c1. The summed E-state index contributed by atoms with van der Waals surface area (Å²) < 4.78 is 23.2. The average molecular weight is 404 g/mol. The van der Waals surface area contributed by atoms with Gasteiger partial charge in [0.25, 0.3) is 0 Å². The Hall–Kier alpha value is -2.28. The van der Waals surface area contributed by atoms with Crippen LogP contribution in [0.4, 0.5) is 0 Å². The number of halogens is 1. The van der Waals surface area contributed by atoms with Crippen molar-refractivity contribution < 1.29 is 13.2 Å². The lowest BCUT2D eigenvalue weighted by Crippen LogP contribution is -1.96. The van der Waals surface area contributed by atoms with Crippen LogP contribution in [-0.2, 0) is 9.84 Å². The third kappa shape index (κ3) is 4.46. The number of benzene rings is 2. The van der Waals surface area contributed by atoms with Gasteiger partial charge in [-0.3, -0.25) is 4.79 Å². The van der Waals surface area contributed by atoms with Gasteiger partial charge in [-0.05, 0) is 35.9 Å². The van der Waals surface area contributed by atoms with E-state index in [1.54, 1.807) is 30.3 Å². The highest BCUT2D eigenvalue weighted by Gasteiger charge is 2.10. The molecule has 0 spiro atoms. The highest BCUT2D eigenvalue weighted by atomic mass is 35.5. The second-order valence-electron chi connectivity index (χ2n) is 5.58. The number of carbonyl (C=O) groups is 1. The molecular formula is C19H14ClNO3S2. The maximum atomic E-state index is 12.3. The van der Waals surface area contributed by atoms with Gasteiger partial charge < -0.3 is 0 Å². The maximum absolute atomic E-state index is 12.3. The van der Waals surface area contributed by atoms with Gasteiger partial charge >= 0.3 is 0 Å². The Morgan fingerprint density at radius 1 is 1.15 bits per heavy atom. The van der Waals surface area contributed by atoms with Gasteiger partial charge in [0, 0.05) is 23.0 Å². The summed E-state index contributed by atoms with van der Waals surface area (Å²) in [5.74, 6) is -0.188. The maximum Gasteiger partial charge on any atom is 0.197 e. The van der Waals surface area contributed by atoms with E-state index in [4.69, 9.17) is 11.6 Å². The van der Waals surface area contributed by atoms with Crippen molar-refractivity contribution >= 4 is 44.6 Å². The average Bonchev–Trinajstić information content (AvgIpc) is 3.10. The van der Waals surface area contributed by atoms with Crippen molar-refractivity contribution in [2.75, 3.05) is 6.26 Å². The van der Waals surface area contributed by atoms with Crippen LogP contribution in [0.25, 0.3) is 16.6 Å². The molecule has 3 rings (SSSR count). The quantitative estimate of drug-likeness (QED) is 0.455. The summed E-state index contributed by atoms with van der Waals surface area (Å²) in [6, 6.07) is 13.7. The lowest BCUT2D eigenvalue weighted by Gasteiger charge is -1.99. The Kier molecular flexibility index (Phi) is 5.36. The fourth-order valence-electron chi connectivity index (χ4n) is 2.22. The Morgan fingerprint density at radius 2 is 1.88 bits per heavy atom. The van der Waals surface area contributed by atoms with E-state index in [2.05, 4.69) is 4.98 Å². The third-order valence-electron chi connectivity index (χ3n) is 3.55. The van der Waals surface area contributed by atoms with Crippen LogP contribution >= 0.6 is 22.9 Å². The molecule has 1 aromatic heterocycles. The number of nitrogens with zero attached hydrogens (tertiary/aromatic N) is 1. The predicted molar refractivity (Wildman–Crippen MR) is 105 cm³/mol. The number of carbonyl (C=O) groups excluding carboxylic acids is 1. The summed E-state index contributed by atoms with van der Waals surface area (Å²) in [4.78, 5) is 17.3. The Labute approximate surface area is 160 Å². The molecule has 0 atom stereocenters. The van der Waals surface area contributed by atoms with E-state index >= 15 is 0 Å². The van der Waals surface area contributed by atoms with E-state index in [0.29, 0.717) is 15.5 Å². The predicted octanol–water partition coefficient (Wildman–Crippen LogP) is 4.76. The molecule has 0 fully saturated rings. The molecule has 132 valence electrons. The standard InChI is InChI=1S/C19H14ClNO3S2/c1-26(23,24)16-4-2-3-13(11-16)5-10-17(22)18-12-21-19(25-18)14-6-8-15(20)9-7-14/h2-12H,1H3. The minimum atomic E-state index is -3.28. The topological polar surface area (TPSA) is 64.1 Å². The molecule has 4 nitrogen and oxygen atoms in total. The molecule has 0 N–H and O–H groups in total. The molecule has 0 saturated carbocycles. The zero-order valence-electron chi connectivity index (χ0n) is 13.7. The van der Waals surface area contributed by atoms with Crippen molar-refractivity contribution in [2.45, 2.75) is 4.90 Å². The van der Waals surface area contributed by atoms with Gasteiger partial charge in [0.15, 0.2) is 15.6 Å². The second kappa shape index (κ2) is 7.53. The van der Waals surface area contributed by atoms with Crippen LogP contribution in [0.15, 0.2) is 65.7 Å². The molecule has 7 heteroatoms. The molecule has 2 aromatic carbocycles. The number of rotatable bonds is 5. The van der Waals surface area contributed by atoms with E-state index in [1.165, 1.54) is 35.7 Å². The lowest BCUT2D eigenvalue weighted by molar-refractivity contribution is 0.105. The van der Waals surface area contributed by atoms with Crippen LogP contribution in [-0.4, -0.2) is 25.4 Å². The molecule has 0 amide bonds. The highest BCUT2D eigenvalue weighted by Crippen LogP contribution is 2.27. The zero-order valence-corrected chi connectivity index (χ0v) is 16.1. The number of hydrogen-bond donors (Lipinski definition) is 0. The van der Waals surface area contributed by atoms with Crippen LogP contribution in [0.1, 0.15) is 15.2 Å². The number of allylic oxidation sites excluding steroid dienone is 1. The minimum Gasteiger partial charge on any atom is -0.288 e. The first-order valence-electron chi connectivity index (χ1n) is 7.57. The van der Waals surface area contributed by atoms with Gasteiger partial charge in [-0.15, -0.1) is 11.3 Å². The molecular weight excluding hydrogens is 390 g/mol. The van der Waals surface area contributed by atoms with E-state index in [0.717, 1.165) is 16.8 Å². The van der Waals surface area contributed by atoms with E-state index < -0.39 is 9.84 Å². The van der Waals surface area contributed by atoms with Gasteiger partial charge in [-0.25, -0.2) is 13.4 Å². The van der Waals surface area contributed by atoms with Crippen LogP contribution in [0, 0.1) is 0 Å². The summed E-state index contributed by atoms with van der Waals surface area (Å²) in [6.07, 6.45) is 5.70. The number of sulfone groups is 1. The highest BCUT2D eigenvalue weighted by molar-refractivity contribution is 7.90. The van der Waals surface area contributed by atoms with Gasteiger partial charge in [0.1, 0.15) is 5.01 Å². The Balaban J connectivity index is 1.78. The molecule has 3 aromatic rings. The van der Waals surface area contributed by atoms with Crippen molar-refractivity contribution in [3.63, 3.8) is 0 Å². The minimum absolute atomic E-state index is 0.188. The summed E-state index contributed by atoms with van der Waals surface area (Å²) >= 11 is 7.17. The number of thiazole rings is 1. The molecule has 1 heterocycles. The van der Waals surface area contributed by atoms with Crippen LogP contribution in [0.5, 0.6) is 0 Å². The van der Waals surface area contributed by atoms with Gasteiger partial charge in [-0.1, -0.05) is 41.9 Å². The molecule has 0 aliphatic carbocycles. The molecule has 0 aliphatic rings. The molecule has 0 bridgehead atoms. The van der Waals surface area contributed by atoms with E-state index in [1.807, 2.05) is 12.1 Å². The van der Waals surface area contributed by atoms with Crippen molar-refractivity contribution in [1.29, 1.82) is 0 Å². The summed E-state index contributed by atoms with van der Waals surface area (Å²) in [5.41, 5.74) is 1.53. The van der Waals surface area contributed by atoms with Crippen molar-refractivity contribution in [3.8, 4) is 10.6 Å². The second-order valence-corrected chi connectivity index (χ2v) is 9.06. The molecule has 26 heavy (non-hydrogen) atoms. The molecule has 0 aliphatic heterocycles. The first kappa shape index (κ1) is 18.5. The third-order valence-corrected chi connectivity index (χ3v) is 5.98. The van der Waals surface area contributed by atoms with Crippen molar-refractivity contribution in [3.05, 3.63) is 76.3 Å². The Bertz CT molecular complexity index is 1080. The Morgan fingerprint density at radius 3 is 2.58 bits per heavy atom. The summed E-state index contributed by atoms with van der Waals surface area (Å²) in [5, 5.41) is 1.37. The fraction of sp³-hybridized carbons (Fsp3) is 0.0526. The lowest BCUT2D eigenvalue weighted by atomic mass is 10.2. The van der Waals surface area contributed by atoms with Crippen molar-refractivity contribution in [1.82, 2.24) is 4.98 Å². The monoisotopic (exact) mass is 403 g/mol. The van der Waals surface area contributed by atoms with Crippen LogP contribution < -0.4 is 0 Å². The first-order chi connectivity index (χ1) is 12.3. The number of ketones is 1. The smallest absolute Gasteiger partial charge is 0.197 e. The van der Waals surface area contributed by atoms with Gasteiger partial charge in [0.05, 0.1) is 9.77 Å². The molecule has 0 saturated heterocycles. The van der Waals surface area contributed by atoms with Crippen LogP contribution in [0.3, 0.4) is 0 Å². The molecule has 0 unspecified atom stereocenters. The zero-order chi connectivity index (χ0) is 18.7. The number of hydrogen-bond acceptors (Lipinski definition) is 5. The largest absolute Gasteiger partial charge is 0.288 e. The van der Waals surface area contributed by atoms with E-state index in [-0.39, 0.29) is 10.7 Å².